The maximum atomic E-state index is 13.9. The van der Waals surface area contributed by atoms with Crippen molar-refractivity contribution in [2.24, 2.45) is 0 Å². The van der Waals surface area contributed by atoms with Crippen LogP contribution in [-0.2, 0) is 6.42 Å². The molecule has 5 nitrogen and oxygen atoms in total. The van der Waals surface area contributed by atoms with Gasteiger partial charge in [-0.2, -0.15) is 0 Å². The summed E-state index contributed by atoms with van der Waals surface area (Å²) in [5.74, 6) is -0.0308. The van der Waals surface area contributed by atoms with Crippen LogP contribution in [0, 0.1) is 12.7 Å². The third-order valence-electron chi connectivity index (χ3n) is 4.37. The van der Waals surface area contributed by atoms with Crippen LogP contribution in [-0.4, -0.2) is 20.9 Å². The smallest absolute Gasteiger partial charge is 0.260 e. The number of thiazole rings is 1. The van der Waals surface area contributed by atoms with E-state index in [-0.39, 0.29) is 11.7 Å². The predicted molar refractivity (Wildman–Crippen MR) is 111 cm³/mol. The molecule has 2 heterocycles. The van der Waals surface area contributed by atoms with Crippen LogP contribution in [0.2, 0.25) is 0 Å². The molecule has 1 N–H and O–H groups in total. The monoisotopic (exact) mass is 404 g/mol. The van der Waals surface area contributed by atoms with E-state index in [1.807, 2.05) is 37.3 Å². The number of carbonyl (C=O) groups excluding carboxylic acids is 1. The molecule has 0 radical (unpaired) electrons. The number of nitrogens with one attached hydrogen (secondary N) is 1. The number of halogens is 1. The summed E-state index contributed by atoms with van der Waals surface area (Å²) in [6.45, 7) is 1.85. The first kappa shape index (κ1) is 18.9. The van der Waals surface area contributed by atoms with Crippen LogP contribution < -0.4 is 5.32 Å². The van der Waals surface area contributed by atoms with Gasteiger partial charge < -0.3 is 0 Å². The molecule has 144 valence electrons. The third kappa shape index (κ3) is 4.35. The molecule has 29 heavy (non-hydrogen) atoms. The van der Waals surface area contributed by atoms with Gasteiger partial charge in [0.15, 0.2) is 11.0 Å². The Labute approximate surface area is 171 Å². The fourth-order valence-corrected chi connectivity index (χ4v) is 3.79. The SMILES string of the molecule is Cc1nc(NC(=O)c2cnc(-c3ccccc3)nc2)sc1Cc1ccccc1F. The molecule has 4 rings (SSSR count). The lowest BCUT2D eigenvalue weighted by Gasteiger charge is -2.03. The molecule has 0 bridgehead atoms. The van der Waals surface area contributed by atoms with E-state index >= 15 is 0 Å². The highest BCUT2D eigenvalue weighted by atomic mass is 32.1. The van der Waals surface area contributed by atoms with E-state index in [4.69, 9.17) is 0 Å². The molecule has 0 aliphatic heterocycles. The van der Waals surface area contributed by atoms with Crippen LogP contribution in [0.1, 0.15) is 26.5 Å². The second-order valence-electron chi connectivity index (χ2n) is 6.41. The minimum absolute atomic E-state index is 0.249. The summed E-state index contributed by atoms with van der Waals surface area (Å²) in [7, 11) is 0. The molecule has 0 unspecified atom stereocenters. The summed E-state index contributed by atoms with van der Waals surface area (Å²) in [4.78, 5) is 26.3. The Hall–Kier alpha value is -3.45. The van der Waals surface area contributed by atoms with Crippen LogP contribution in [0.3, 0.4) is 0 Å². The molecule has 0 spiro atoms. The van der Waals surface area contributed by atoms with Gasteiger partial charge in [-0.05, 0) is 18.6 Å². The number of rotatable bonds is 5. The van der Waals surface area contributed by atoms with Gasteiger partial charge in [0.05, 0.1) is 11.3 Å². The van der Waals surface area contributed by atoms with Crippen LogP contribution in [0.15, 0.2) is 67.0 Å². The Morgan fingerprint density at radius 2 is 1.72 bits per heavy atom. The van der Waals surface area contributed by atoms with Crippen molar-refractivity contribution in [1.29, 1.82) is 0 Å². The molecule has 1 amide bonds. The van der Waals surface area contributed by atoms with E-state index in [9.17, 15) is 9.18 Å². The second kappa shape index (κ2) is 8.28. The van der Waals surface area contributed by atoms with Crippen molar-refractivity contribution in [3.63, 3.8) is 0 Å². The summed E-state index contributed by atoms with van der Waals surface area (Å²) in [5.41, 5.74) is 2.59. The van der Waals surface area contributed by atoms with Crippen molar-refractivity contribution in [3.8, 4) is 11.4 Å². The molecule has 2 aromatic carbocycles. The molecule has 0 atom stereocenters. The molecular formula is C22H17FN4OS. The highest BCUT2D eigenvalue weighted by Crippen LogP contribution is 2.26. The average Bonchev–Trinajstić information content (AvgIpc) is 3.09. The van der Waals surface area contributed by atoms with Gasteiger partial charge in [0, 0.05) is 29.3 Å². The number of hydrogen-bond donors (Lipinski definition) is 1. The molecule has 0 saturated heterocycles. The lowest BCUT2D eigenvalue weighted by molar-refractivity contribution is 0.102. The standard InChI is InChI=1S/C22H17FN4OS/c1-14-19(11-16-9-5-6-10-18(16)23)29-22(26-14)27-21(28)17-12-24-20(25-13-17)15-7-3-2-4-8-15/h2-10,12-13H,11H2,1H3,(H,26,27,28). The minimum Gasteiger partial charge on any atom is -0.298 e. The Balaban J connectivity index is 1.47. The maximum Gasteiger partial charge on any atom is 0.260 e. The minimum atomic E-state index is -0.337. The highest BCUT2D eigenvalue weighted by molar-refractivity contribution is 7.15. The molecule has 0 aliphatic carbocycles. The first-order chi connectivity index (χ1) is 14.1. The first-order valence-electron chi connectivity index (χ1n) is 8.98. The summed E-state index contributed by atoms with van der Waals surface area (Å²) in [6.07, 6.45) is 3.41. The Morgan fingerprint density at radius 3 is 2.45 bits per heavy atom. The molecular weight excluding hydrogens is 387 g/mol. The van der Waals surface area contributed by atoms with Crippen LogP contribution >= 0.6 is 11.3 Å². The molecule has 2 aromatic heterocycles. The van der Waals surface area contributed by atoms with Crippen molar-refractivity contribution in [1.82, 2.24) is 15.0 Å². The van der Waals surface area contributed by atoms with E-state index in [2.05, 4.69) is 20.3 Å². The molecule has 7 heteroatoms. The lowest BCUT2D eigenvalue weighted by atomic mass is 10.1. The van der Waals surface area contributed by atoms with Crippen molar-refractivity contribution >= 4 is 22.4 Å². The zero-order valence-corrected chi connectivity index (χ0v) is 16.4. The van der Waals surface area contributed by atoms with Crippen LogP contribution in [0.4, 0.5) is 9.52 Å². The number of carbonyl (C=O) groups is 1. The van der Waals surface area contributed by atoms with Gasteiger partial charge in [-0.15, -0.1) is 11.3 Å². The zero-order chi connectivity index (χ0) is 20.2. The van der Waals surface area contributed by atoms with Crippen LogP contribution in [0.25, 0.3) is 11.4 Å². The van der Waals surface area contributed by atoms with Gasteiger partial charge in [0.25, 0.3) is 5.91 Å². The number of nitrogens with zero attached hydrogens (tertiary/aromatic N) is 3. The second-order valence-corrected chi connectivity index (χ2v) is 7.49. The Kier molecular flexibility index (Phi) is 5.39. The van der Waals surface area contributed by atoms with Crippen molar-refractivity contribution in [2.75, 3.05) is 5.32 Å². The van der Waals surface area contributed by atoms with Gasteiger partial charge in [-0.1, -0.05) is 48.5 Å². The van der Waals surface area contributed by atoms with E-state index in [0.29, 0.717) is 28.5 Å². The number of hydrogen-bond acceptors (Lipinski definition) is 5. The molecule has 0 fully saturated rings. The number of benzene rings is 2. The summed E-state index contributed by atoms with van der Waals surface area (Å²) in [6, 6.07) is 16.2. The summed E-state index contributed by atoms with van der Waals surface area (Å²) >= 11 is 1.34. The van der Waals surface area contributed by atoms with Crippen molar-refractivity contribution in [3.05, 3.63) is 94.5 Å². The number of anilines is 1. The summed E-state index contributed by atoms with van der Waals surface area (Å²) < 4.78 is 13.9. The van der Waals surface area contributed by atoms with Gasteiger partial charge >= 0.3 is 0 Å². The predicted octanol–water partition coefficient (Wildman–Crippen LogP) is 4.89. The number of amides is 1. The highest BCUT2D eigenvalue weighted by Gasteiger charge is 2.14. The molecule has 4 aromatic rings. The largest absolute Gasteiger partial charge is 0.298 e. The van der Waals surface area contributed by atoms with Gasteiger partial charge in [0.2, 0.25) is 0 Å². The van der Waals surface area contributed by atoms with Gasteiger partial charge in [0.1, 0.15) is 5.82 Å². The molecule has 0 aliphatic rings. The van der Waals surface area contributed by atoms with E-state index < -0.39 is 0 Å². The Morgan fingerprint density at radius 1 is 1.03 bits per heavy atom. The Bertz CT molecular complexity index is 1140. The molecule has 0 saturated carbocycles. The lowest BCUT2D eigenvalue weighted by Crippen LogP contribution is -2.12. The maximum absolute atomic E-state index is 13.9. The van der Waals surface area contributed by atoms with Gasteiger partial charge in [-0.25, -0.2) is 19.3 Å². The van der Waals surface area contributed by atoms with Crippen molar-refractivity contribution < 1.29 is 9.18 Å². The number of aryl methyl sites for hydroxylation is 1. The first-order valence-corrected chi connectivity index (χ1v) is 9.80. The summed E-state index contributed by atoms with van der Waals surface area (Å²) in [5, 5.41) is 3.24. The van der Waals surface area contributed by atoms with E-state index in [1.165, 1.54) is 29.8 Å². The van der Waals surface area contributed by atoms with Crippen LogP contribution in [0.5, 0.6) is 0 Å². The average molecular weight is 404 g/mol. The quantitative estimate of drug-likeness (QED) is 0.514. The third-order valence-corrected chi connectivity index (χ3v) is 5.44. The van der Waals surface area contributed by atoms with E-state index in [1.54, 1.807) is 18.2 Å². The normalized spacial score (nSPS) is 10.7. The number of aromatic nitrogens is 3. The van der Waals surface area contributed by atoms with Gasteiger partial charge in [-0.3, -0.25) is 10.1 Å². The fraction of sp³-hybridized carbons (Fsp3) is 0.0909. The fourth-order valence-electron chi connectivity index (χ4n) is 2.81. The van der Waals surface area contributed by atoms with E-state index in [0.717, 1.165) is 16.1 Å². The van der Waals surface area contributed by atoms with Crippen molar-refractivity contribution in [2.45, 2.75) is 13.3 Å². The topological polar surface area (TPSA) is 67.8 Å². The zero-order valence-electron chi connectivity index (χ0n) is 15.6.